The van der Waals surface area contributed by atoms with Crippen LogP contribution in [0.15, 0.2) is 17.6 Å². The van der Waals surface area contributed by atoms with Gasteiger partial charge in [0.2, 0.25) is 0 Å². The Labute approximate surface area is 67.7 Å². The van der Waals surface area contributed by atoms with E-state index < -0.39 is 5.82 Å². The van der Waals surface area contributed by atoms with Crippen molar-refractivity contribution in [3.05, 3.63) is 18.2 Å². The third-order valence-corrected chi connectivity index (χ3v) is 1.77. The second kappa shape index (κ2) is 4.25. The summed E-state index contributed by atoms with van der Waals surface area (Å²) in [4.78, 5) is 7.36. The van der Waals surface area contributed by atoms with Gasteiger partial charge in [-0.2, -0.15) is 0 Å². The van der Waals surface area contributed by atoms with Crippen LogP contribution in [0.2, 0.25) is 0 Å². The highest BCUT2D eigenvalue weighted by Gasteiger charge is 1.95. The lowest BCUT2D eigenvalue weighted by atomic mass is 10.7. The Bertz CT molecular complexity index is 216. The molecule has 0 saturated heterocycles. The standard InChI is InChI=1S/C6H7FN2OS/c7-5-3-8-6(9-4-5)11-2-1-10/h3-4,10H,1-2H2. The van der Waals surface area contributed by atoms with Crippen LogP contribution >= 0.6 is 11.8 Å². The number of hydrogen-bond acceptors (Lipinski definition) is 4. The second-order valence-electron chi connectivity index (χ2n) is 1.76. The molecule has 60 valence electrons. The summed E-state index contributed by atoms with van der Waals surface area (Å²) >= 11 is 1.29. The summed E-state index contributed by atoms with van der Waals surface area (Å²) in [6, 6.07) is 0. The summed E-state index contributed by atoms with van der Waals surface area (Å²) in [5, 5.41) is 8.92. The zero-order valence-corrected chi connectivity index (χ0v) is 6.51. The molecule has 0 spiro atoms. The maximum absolute atomic E-state index is 12.2. The molecule has 0 unspecified atom stereocenters. The number of hydrogen-bond donors (Lipinski definition) is 1. The zero-order chi connectivity index (χ0) is 8.10. The first-order valence-electron chi connectivity index (χ1n) is 3.04. The van der Waals surface area contributed by atoms with E-state index in [1.54, 1.807) is 0 Å². The fourth-order valence-electron chi connectivity index (χ4n) is 0.512. The van der Waals surface area contributed by atoms with Crippen LogP contribution in [0.25, 0.3) is 0 Å². The number of aromatic nitrogens is 2. The Morgan fingerprint density at radius 1 is 1.45 bits per heavy atom. The minimum atomic E-state index is -0.446. The number of rotatable bonds is 3. The van der Waals surface area contributed by atoms with Crippen LogP contribution in [0.3, 0.4) is 0 Å². The monoisotopic (exact) mass is 174 g/mol. The molecule has 0 fully saturated rings. The number of nitrogens with zero attached hydrogens (tertiary/aromatic N) is 2. The first-order valence-corrected chi connectivity index (χ1v) is 4.02. The molecule has 1 rings (SSSR count). The molecule has 0 saturated carbocycles. The summed E-state index contributed by atoms with van der Waals surface area (Å²) in [5.41, 5.74) is 0. The van der Waals surface area contributed by atoms with Gasteiger partial charge in [0.15, 0.2) is 11.0 Å². The van der Waals surface area contributed by atoms with Crippen molar-refractivity contribution in [1.82, 2.24) is 9.97 Å². The lowest BCUT2D eigenvalue weighted by Crippen LogP contribution is -1.91. The predicted octanol–water partition coefficient (Wildman–Crippen LogP) is 0.700. The van der Waals surface area contributed by atoms with Gasteiger partial charge in [0.25, 0.3) is 0 Å². The summed E-state index contributed by atoms with van der Waals surface area (Å²) in [6.45, 7) is 0.0748. The van der Waals surface area contributed by atoms with Crippen molar-refractivity contribution < 1.29 is 9.50 Å². The minimum absolute atomic E-state index is 0.0748. The fraction of sp³-hybridized carbons (Fsp3) is 0.333. The second-order valence-corrected chi connectivity index (χ2v) is 2.82. The Morgan fingerprint density at radius 2 is 2.09 bits per heavy atom. The summed E-state index contributed by atoms with van der Waals surface area (Å²) in [7, 11) is 0. The zero-order valence-electron chi connectivity index (χ0n) is 5.70. The van der Waals surface area contributed by atoms with E-state index in [2.05, 4.69) is 9.97 Å². The van der Waals surface area contributed by atoms with E-state index in [-0.39, 0.29) is 6.61 Å². The molecule has 1 aromatic rings. The molecule has 0 atom stereocenters. The van der Waals surface area contributed by atoms with Crippen LogP contribution in [-0.4, -0.2) is 27.4 Å². The quantitative estimate of drug-likeness (QED) is 0.541. The minimum Gasteiger partial charge on any atom is -0.396 e. The Balaban J connectivity index is 2.52. The molecule has 0 bridgehead atoms. The van der Waals surface area contributed by atoms with Gasteiger partial charge >= 0.3 is 0 Å². The average molecular weight is 174 g/mol. The van der Waals surface area contributed by atoms with Crippen molar-refractivity contribution in [2.24, 2.45) is 0 Å². The maximum Gasteiger partial charge on any atom is 0.187 e. The van der Waals surface area contributed by atoms with Gasteiger partial charge in [-0.05, 0) is 0 Å². The molecule has 3 nitrogen and oxygen atoms in total. The molecule has 0 aliphatic rings. The lowest BCUT2D eigenvalue weighted by molar-refractivity contribution is 0.322. The summed E-state index contributed by atoms with van der Waals surface area (Å²) < 4.78 is 12.2. The van der Waals surface area contributed by atoms with Crippen LogP contribution in [0, 0.1) is 5.82 Å². The van der Waals surface area contributed by atoms with Crippen molar-refractivity contribution in [2.45, 2.75) is 5.16 Å². The third kappa shape index (κ3) is 2.81. The highest BCUT2D eigenvalue weighted by atomic mass is 32.2. The largest absolute Gasteiger partial charge is 0.396 e. The van der Waals surface area contributed by atoms with E-state index in [1.807, 2.05) is 0 Å². The molecule has 0 aliphatic carbocycles. The number of aliphatic hydroxyl groups excluding tert-OH is 1. The van der Waals surface area contributed by atoms with Crippen LogP contribution in [-0.2, 0) is 0 Å². The number of thioether (sulfide) groups is 1. The SMILES string of the molecule is OCCSc1ncc(F)cn1. The summed E-state index contributed by atoms with van der Waals surface area (Å²) in [6.07, 6.45) is 2.21. The third-order valence-electron chi connectivity index (χ3n) is 0.919. The van der Waals surface area contributed by atoms with Gasteiger partial charge in [-0.25, -0.2) is 14.4 Å². The van der Waals surface area contributed by atoms with E-state index in [4.69, 9.17) is 5.11 Å². The van der Waals surface area contributed by atoms with Gasteiger partial charge in [0, 0.05) is 5.75 Å². The van der Waals surface area contributed by atoms with Crippen molar-refractivity contribution >= 4 is 11.8 Å². The van der Waals surface area contributed by atoms with Crippen molar-refractivity contribution in [3.63, 3.8) is 0 Å². The van der Waals surface area contributed by atoms with Gasteiger partial charge in [-0.15, -0.1) is 0 Å². The topological polar surface area (TPSA) is 46.0 Å². The van der Waals surface area contributed by atoms with Gasteiger partial charge < -0.3 is 5.11 Å². The predicted molar refractivity (Wildman–Crippen MR) is 39.8 cm³/mol. The van der Waals surface area contributed by atoms with E-state index in [0.29, 0.717) is 10.9 Å². The van der Waals surface area contributed by atoms with Crippen molar-refractivity contribution in [3.8, 4) is 0 Å². The number of aliphatic hydroxyl groups is 1. The Kier molecular flexibility index (Phi) is 3.25. The summed E-state index contributed by atoms with van der Waals surface area (Å²) in [5.74, 6) is 0.0874. The van der Waals surface area contributed by atoms with Crippen LogP contribution < -0.4 is 0 Å². The van der Waals surface area contributed by atoms with Crippen LogP contribution in [0.5, 0.6) is 0 Å². The average Bonchev–Trinajstić information content (AvgIpc) is 2.04. The van der Waals surface area contributed by atoms with Crippen molar-refractivity contribution in [2.75, 3.05) is 12.4 Å². The smallest absolute Gasteiger partial charge is 0.187 e. The molecule has 11 heavy (non-hydrogen) atoms. The first kappa shape index (κ1) is 8.42. The fourth-order valence-corrected chi connectivity index (χ4v) is 1.04. The maximum atomic E-state index is 12.2. The van der Waals surface area contributed by atoms with E-state index >= 15 is 0 Å². The highest BCUT2D eigenvalue weighted by Crippen LogP contribution is 2.09. The molecular weight excluding hydrogens is 167 g/mol. The highest BCUT2D eigenvalue weighted by molar-refractivity contribution is 7.99. The lowest BCUT2D eigenvalue weighted by Gasteiger charge is -1.94. The van der Waals surface area contributed by atoms with Crippen LogP contribution in [0.1, 0.15) is 0 Å². The normalized spacial score (nSPS) is 10.0. The first-order chi connectivity index (χ1) is 5.33. The van der Waals surface area contributed by atoms with Gasteiger partial charge in [-0.1, -0.05) is 11.8 Å². The van der Waals surface area contributed by atoms with Gasteiger partial charge in [0.1, 0.15) is 0 Å². The number of halogens is 1. The molecule has 0 aromatic carbocycles. The van der Waals surface area contributed by atoms with E-state index in [1.165, 1.54) is 11.8 Å². The molecule has 1 N–H and O–H groups in total. The van der Waals surface area contributed by atoms with Crippen molar-refractivity contribution in [1.29, 1.82) is 0 Å². The molecule has 0 amide bonds. The molecule has 0 aliphatic heterocycles. The van der Waals surface area contributed by atoms with Gasteiger partial charge in [0.05, 0.1) is 19.0 Å². The van der Waals surface area contributed by atoms with E-state index in [0.717, 1.165) is 12.4 Å². The molecule has 1 heterocycles. The van der Waals surface area contributed by atoms with Crippen LogP contribution in [0.4, 0.5) is 4.39 Å². The molecule has 5 heteroatoms. The molecule has 1 aromatic heterocycles. The van der Waals surface area contributed by atoms with E-state index in [9.17, 15) is 4.39 Å². The Hall–Kier alpha value is -0.680. The molecule has 0 radical (unpaired) electrons. The van der Waals surface area contributed by atoms with Gasteiger partial charge in [-0.3, -0.25) is 0 Å². The Morgan fingerprint density at radius 3 is 2.64 bits per heavy atom. The molecular formula is C6H7FN2OS.